The molecule has 0 amide bonds. The van der Waals surface area contributed by atoms with E-state index in [9.17, 15) is 0 Å². The zero-order valence-corrected chi connectivity index (χ0v) is 19.8. The zero-order chi connectivity index (χ0) is 23.1. The van der Waals surface area contributed by atoms with E-state index in [1.807, 2.05) is 53.0 Å². The van der Waals surface area contributed by atoms with Crippen molar-refractivity contribution in [3.05, 3.63) is 96.8 Å². The molecule has 6 rings (SSSR count). The molecule has 0 N–H and O–H groups in total. The third-order valence-corrected chi connectivity index (χ3v) is 7.77. The van der Waals surface area contributed by atoms with E-state index in [2.05, 4.69) is 28.3 Å². The van der Waals surface area contributed by atoms with Gasteiger partial charge >= 0.3 is 0 Å². The molecule has 0 radical (unpaired) electrons. The first-order valence-corrected chi connectivity index (χ1v) is 12.5. The van der Waals surface area contributed by atoms with Crippen LogP contribution in [-0.2, 0) is 7.05 Å². The Hall–Kier alpha value is -3.62. The van der Waals surface area contributed by atoms with E-state index in [1.54, 1.807) is 36.3 Å². The maximum Gasteiger partial charge on any atom is 0.167 e. The monoisotopic (exact) mass is 486 g/mol. The lowest BCUT2D eigenvalue weighted by atomic mass is 10.2. The molecule has 0 atom stereocenters. The van der Waals surface area contributed by atoms with Crippen molar-refractivity contribution in [1.29, 1.82) is 0 Å². The van der Waals surface area contributed by atoms with Gasteiger partial charge in [0, 0.05) is 54.6 Å². The average molecular weight is 487 g/mol. The van der Waals surface area contributed by atoms with E-state index in [-0.39, 0.29) is 5.75 Å². The van der Waals surface area contributed by atoms with E-state index < -0.39 is 5.82 Å². The number of hydrogen-bond acceptors (Lipinski definition) is 6. The number of aromatic nitrogens is 3. The molecule has 0 fully saturated rings. The summed E-state index contributed by atoms with van der Waals surface area (Å²) in [6, 6.07) is 19.0. The van der Waals surface area contributed by atoms with Crippen LogP contribution < -0.4 is 9.64 Å². The second kappa shape index (κ2) is 8.62. The van der Waals surface area contributed by atoms with Gasteiger partial charge in [-0.1, -0.05) is 30.3 Å². The van der Waals surface area contributed by atoms with Gasteiger partial charge in [0.05, 0.1) is 21.0 Å². The Bertz CT molecular complexity index is 1530. The fourth-order valence-corrected chi connectivity index (χ4v) is 5.95. The van der Waals surface area contributed by atoms with Crippen molar-refractivity contribution in [3.8, 4) is 22.2 Å². The molecule has 0 spiro atoms. The number of anilines is 1. The Morgan fingerprint density at radius 1 is 0.971 bits per heavy atom. The number of halogens is 1. The second-order valence-electron chi connectivity index (χ2n) is 7.82. The van der Waals surface area contributed by atoms with Gasteiger partial charge in [-0.3, -0.25) is 4.98 Å². The topological polar surface area (TPSA) is 43.2 Å². The zero-order valence-electron chi connectivity index (χ0n) is 18.2. The molecule has 0 unspecified atom stereocenters. The van der Waals surface area contributed by atoms with Crippen LogP contribution in [0.4, 0.5) is 10.1 Å². The number of aryl methyl sites for hydroxylation is 1. The summed E-state index contributed by atoms with van der Waals surface area (Å²) < 4.78 is 23.9. The molecule has 3 aromatic heterocycles. The fraction of sp³-hybridized carbons (Fsp3) is 0.0769. The number of thioether (sulfide) groups is 1. The molecule has 4 heterocycles. The Kier molecular flexibility index (Phi) is 5.31. The largest absolute Gasteiger partial charge is 0.453 e. The first kappa shape index (κ1) is 20.9. The van der Waals surface area contributed by atoms with Gasteiger partial charge in [0.1, 0.15) is 11.6 Å². The first-order chi connectivity index (χ1) is 16.7. The first-order valence-electron chi connectivity index (χ1n) is 10.7. The summed E-state index contributed by atoms with van der Waals surface area (Å²) in [5.74, 6) is 1.94. The predicted molar refractivity (Wildman–Crippen MR) is 138 cm³/mol. The molecule has 5 nitrogen and oxygen atoms in total. The molecule has 1 aliphatic heterocycles. The molecule has 8 heteroatoms. The van der Waals surface area contributed by atoms with Crippen LogP contribution in [0.15, 0.2) is 85.5 Å². The lowest BCUT2D eigenvalue weighted by Gasteiger charge is -2.16. The highest BCUT2D eigenvalue weighted by molar-refractivity contribution is 8.08. The summed E-state index contributed by atoms with van der Waals surface area (Å²) in [5.41, 5.74) is 2.75. The van der Waals surface area contributed by atoms with Gasteiger partial charge in [-0.2, -0.15) is 0 Å². The summed E-state index contributed by atoms with van der Waals surface area (Å²) in [6.45, 7) is 0. The second-order valence-corrected chi connectivity index (χ2v) is 9.85. The Morgan fingerprint density at radius 2 is 1.85 bits per heavy atom. The maximum atomic E-state index is 15.1. The minimum absolute atomic E-state index is 0.183. The number of rotatable bonds is 5. The van der Waals surface area contributed by atoms with Crippen molar-refractivity contribution < 1.29 is 9.13 Å². The van der Waals surface area contributed by atoms with E-state index in [4.69, 9.17) is 4.74 Å². The Labute approximate surface area is 204 Å². The van der Waals surface area contributed by atoms with Crippen LogP contribution in [0.1, 0.15) is 5.56 Å². The minimum Gasteiger partial charge on any atom is -0.453 e. The van der Waals surface area contributed by atoms with Gasteiger partial charge in [0.25, 0.3) is 0 Å². The number of pyridine rings is 1. The van der Waals surface area contributed by atoms with Crippen LogP contribution in [0.25, 0.3) is 25.8 Å². The summed E-state index contributed by atoms with van der Waals surface area (Å²) in [4.78, 5) is 13.1. The van der Waals surface area contributed by atoms with Crippen LogP contribution in [-0.4, -0.2) is 20.4 Å². The highest BCUT2D eigenvalue weighted by Crippen LogP contribution is 2.41. The quantitative estimate of drug-likeness (QED) is 0.264. The van der Waals surface area contributed by atoms with Crippen molar-refractivity contribution in [2.45, 2.75) is 0 Å². The van der Waals surface area contributed by atoms with E-state index in [1.165, 1.54) is 22.3 Å². The number of benzene rings is 2. The van der Waals surface area contributed by atoms with Crippen molar-refractivity contribution in [3.63, 3.8) is 0 Å². The molecule has 168 valence electrons. The van der Waals surface area contributed by atoms with E-state index >= 15 is 4.39 Å². The van der Waals surface area contributed by atoms with Crippen molar-refractivity contribution in [2.24, 2.45) is 7.05 Å². The van der Waals surface area contributed by atoms with Gasteiger partial charge in [0.2, 0.25) is 0 Å². The molecule has 5 aromatic rings. The number of nitrogens with zero attached hydrogens (tertiary/aromatic N) is 4. The van der Waals surface area contributed by atoms with Gasteiger partial charge in [-0.15, -0.1) is 23.1 Å². The van der Waals surface area contributed by atoms with Gasteiger partial charge in [-0.25, -0.2) is 9.37 Å². The summed E-state index contributed by atoms with van der Waals surface area (Å²) >= 11 is 3.27. The molecule has 0 aliphatic carbocycles. The lowest BCUT2D eigenvalue weighted by Crippen LogP contribution is -2.10. The average Bonchev–Trinajstić information content (AvgIpc) is 3.60. The normalized spacial score (nSPS) is 13.5. The Balaban J connectivity index is 1.27. The standard InChI is InChI=1S/C26H19FN4OS2/c1-30-12-11-29-26(30)23-14-20-25(34-23)22(9-10-28-20)32-21-8-7-18(13-19(21)27)31-15-24(33-16-31)17-5-3-2-4-6-17/h2-15H,16H2,1H3. The molecule has 0 bridgehead atoms. The van der Waals surface area contributed by atoms with E-state index in [0.29, 0.717) is 5.75 Å². The SMILES string of the molecule is Cn1ccnc1-c1cc2nccc(Oc3ccc(N4C=C(c5ccccc5)SC4)cc3F)c2s1. The molecule has 1 aliphatic rings. The number of ether oxygens (including phenoxy) is 1. The van der Waals surface area contributed by atoms with Crippen LogP contribution in [0, 0.1) is 5.82 Å². The van der Waals surface area contributed by atoms with Crippen LogP contribution in [0.5, 0.6) is 11.5 Å². The van der Waals surface area contributed by atoms with Crippen molar-refractivity contribution in [1.82, 2.24) is 14.5 Å². The lowest BCUT2D eigenvalue weighted by molar-refractivity contribution is 0.447. The number of thiophene rings is 1. The summed E-state index contributed by atoms with van der Waals surface area (Å²) in [7, 11) is 1.95. The third-order valence-electron chi connectivity index (χ3n) is 5.57. The highest BCUT2D eigenvalue weighted by Gasteiger charge is 2.19. The Morgan fingerprint density at radius 3 is 2.65 bits per heavy atom. The van der Waals surface area contributed by atoms with Gasteiger partial charge in [-0.05, 0) is 23.8 Å². The molecule has 0 saturated heterocycles. The smallest absolute Gasteiger partial charge is 0.167 e. The van der Waals surface area contributed by atoms with Crippen molar-refractivity contribution in [2.75, 3.05) is 10.8 Å². The predicted octanol–water partition coefficient (Wildman–Crippen LogP) is 7.14. The molecular formula is C26H19FN4OS2. The molecule has 0 saturated carbocycles. The third kappa shape index (κ3) is 3.85. The molecule has 2 aromatic carbocycles. The van der Waals surface area contributed by atoms with E-state index in [0.717, 1.165) is 38.0 Å². The minimum atomic E-state index is -0.407. The fourth-order valence-electron chi connectivity index (χ4n) is 3.84. The number of fused-ring (bicyclic) bond motifs is 1. The van der Waals surface area contributed by atoms with Crippen molar-refractivity contribution >= 4 is 43.9 Å². The summed E-state index contributed by atoms with van der Waals surface area (Å²) in [6.07, 6.45) is 7.40. The molecular weight excluding hydrogens is 467 g/mol. The number of hydrogen-bond donors (Lipinski definition) is 0. The van der Waals surface area contributed by atoms with Gasteiger partial charge in [0.15, 0.2) is 11.6 Å². The van der Waals surface area contributed by atoms with Crippen LogP contribution >= 0.6 is 23.1 Å². The van der Waals surface area contributed by atoms with Crippen LogP contribution in [0.2, 0.25) is 0 Å². The molecule has 34 heavy (non-hydrogen) atoms. The number of imidazole rings is 1. The maximum absolute atomic E-state index is 15.1. The van der Waals surface area contributed by atoms with Gasteiger partial charge < -0.3 is 14.2 Å². The van der Waals surface area contributed by atoms with Crippen LogP contribution in [0.3, 0.4) is 0 Å². The summed E-state index contributed by atoms with van der Waals surface area (Å²) in [5, 5.41) is 0. The highest BCUT2D eigenvalue weighted by atomic mass is 32.2.